The number of carbonyl (C=O) groups excluding carboxylic acids is 1. The number of anilines is 1. The van der Waals surface area contributed by atoms with Crippen molar-refractivity contribution in [3.8, 4) is 11.5 Å². The Bertz CT molecular complexity index is 973. The molecule has 3 rings (SSSR count). The number of nitrogens with zero attached hydrogens (tertiary/aromatic N) is 2. The van der Waals surface area contributed by atoms with Gasteiger partial charge in [0.2, 0.25) is 11.8 Å². The van der Waals surface area contributed by atoms with E-state index in [0.29, 0.717) is 5.89 Å². The van der Waals surface area contributed by atoms with Gasteiger partial charge in [0.25, 0.3) is 5.22 Å². The largest absolute Gasteiger partial charge is 0.411 e. The molecule has 0 radical (unpaired) electrons. The highest BCUT2D eigenvalue weighted by Gasteiger charge is 2.20. The fourth-order valence-electron chi connectivity index (χ4n) is 2.50. The highest BCUT2D eigenvalue weighted by Crippen LogP contribution is 2.28. The van der Waals surface area contributed by atoms with Crippen molar-refractivity contribution in [1.82, 2.24) is 10.2 Å². The summed E-state index contributed by atoms with van der Waals surface area (Å²) < 4.78 is 19.5. The van der Waals surface area contributed by atoms with Crippen LogP contribution in [0.5, 0.6) is 0 Å². The van der Waals surface area contributed by atoms with Crippen molar-refractivity contribution in [3.05, 3.63) is 58.4 Å². The number of nitrogens with one attached hydrogen (secondary N) is 1. The highest BCUT2D eigenvalue weighted by molar-refractivity contribution is 8.00. The van der Waals surface area contributed by atoms with Crippen LogP contribution < -0.4 is 5.32 Å². The Morgan fingerprint density at radius 2 is 1.89 bits per heavy atom. The molecule has 0 aliphatic carbocycles. The van der Waals surface area contributed by atoms with Gasteiger partial charge in [0.15, 0.2) is 0 Å². The van der Waals surface area contributed by atoms with E-state index in [0.717, 1.165) is 34.5 Å². The third-order valence-electron chi connectivity index (χ3n) is 3.71. The average Bonchev–Trinajstić information content (AvgIpc) is 3.05. The Morgan fingerprint density at radius 1 is 1.19 bits per heavy atom. The van der Waals surface area contributed by atoms with Crippen LogP contribution in [0, 0.1) is 19.7 Å². The van der Waals surface area contributed by atoms with Crippen LogP contribution in [0.15, 0.2) is 46.0 Å². The zero-order chi connectivity index (χ0) is 19.6. The maximum atomic E-state index is 13.8. The van der Waals surface area contributed by atoms with Crippen molar-refractivity contribution < 1.29 is 13.6 Å². The Hall–Kier alpha value is -2.38. The van der Waals surface area contributed by atoms with Crippen LogP contribution in [-0.4, -0.2) is 21.4 Å². The van der Waals surface area contributed by atoms with Crippen LogP contribution >= 0.6 is 23.4 Å². The van der Waals surface area contributed by atoms with Gasteiger partial charge in [-0.25, -0.2) is 4.39 Å². The molecule has 27 heavy (non-hydrogen) atoms. The van der Waals surface area contributed by atoms with Crippen molar-refractivity contribution in [2.24, 2.45) is 0 Å². The summed E-state index contributed by atoms with van der Waals surface area (Å²) in [5, 5.41) is 10.5. The molecular weight excluding hydrogens is 389 g/mol. The first-order valence-electron chi connectivity index (χ1n) is 8.16. The van der Waals surface area contributed by atoms with E-state index in [2.05, 4.69) is 21.6 Å². The summed E-state index contributed by atoms with van der Waals surface area (Å²) >= 11 is 6.81. The topological polar surface area (TPSA) is 68.0 Å². The lowest BCUT2D eigenvalue weighted by Gasteiger charge is -2.10. The van der Waals surface area contributed by atoms with Gasteiger partial charge in [0.05, 0.1) is 10.9 Å². The average molecular weight is 406 g/mol. The maximum Gasteiger partial charge on any atom is 0.277 e. The number of amides is 1. The van der Waals surface area contributed by atoms with Crippen molar-refractivity contribution in [2.45, 2.75) is 31.2 Å². The SMILES string of the molecule is Cc1cc(C)cc(-c2nnc(S[C@@H](C)C(=O)Nc3ccc(Cl)cc3F)o2)c1. The predicted octanol–water partition coefficient (Wildman–Crippen LogP) is 5.27. The molecule has 1 amide bonds. The minimum absolute atomic E-state index is 0.0679. The second kappa shape index (κ2) is 8.10. The number of aromatic nitrogens is 2. The number of thioether (sulfide) groups is 1. The molecule has 140 valence electrons. The van der Waals surface area contributed by atoms with Gasteiger partial charge in [-0.05, 0) is 51.1 Å². The Balaban J connectivity index is 1.68. The molecular formula is C19H17ClFN3O2S. The maximum absolute atomic E-state index is 13.8. The second-order valence-corrected chi connectivity index (χ2v) is 7.85. The zero-order valence-corrected chi connectivity index (χ0v) is 16.5. The van der Waals surface area contributed by atoms with Gasteiger partial charge in [-0.3, -0.25) is 4.79 Å². The Labute approximate surface area is 165 Å². The minimum atomic E-state index is -0.594. The minimum Gasteiger partial charge on any atom is -0.411 e. The molecule has 0 aliphatic rings. The van der Waals surface area contributed by atoms with E-state index < -0.39 is 11.1 Å². The van der Waals surface area contributed by atoms with Crippen molar-refractivity contribution in [1.29, 1.82) is 0 Å². The molecule has 2 aromatic carbocycles. The summed E-state index contributed by atoms with van der Waals surface area (Å²) in [4.78, 5) is 12.3. The number of hydrogen-bond donors (Lipinski definition) is 1. The van der Waals surface area contributed by atoms with E-state index in [4.69, 9.17) is 16.0 Å². The van der Waals surface area contributed by atoms with Crippen LogP contribution in [0.3, 0.4) is 0 Å². The number of rotatable bonds is 5. The lowest BCUT2D eigenvalue weighted by atomic mass is 10.1. The first-order chi connectivity index (χ1) is 12.8. The van der Waals surface area contributed by atoms with E-state index in [1.807, 2.05) is 26.0 Å². The molecule has 1 N–H and O–H groups in total. The third kappa shape index (κ3) is 4.87. The molecule has 5 nitrogen and oxygen atoms in total. The Morgan fingerprint density at radius 3 is 2.56 bits per heavy atom. The van der Waals surface area contributed by atoms with Gasteiger partial charge >= 0.3 is 0 Å². The van der Waals surface area contributed by atoms with E-state index in [1.54, 1.807) is 6.92 Å². The van der Waals surface area contributed by atoms with Gasteiger partial charge < -0.3 is 9.73 Å². The standard InChI is InChI=1S/C19H17ClFN3O2S/c1-10-6-11(2)8-13(7-10)18-23-24-19(26-18)27-12(3)17(25)22-16-5-4-14(20)9-15(16)21/h4-9,12H,1-3H3,(H,22,25)/t12-/m0/s1. The van der Waals surface area contributed by atoms with Crippen LogP contribution in [0.4, 0.5) is 10.1 Å². The van der Waals surface area contributed by atoms with E-state index in [9.17, 15) is 9.18 Å². The van der Waals surface area contributed by atoms with Crippen LogP contribution in [-0.2, 0) is 4.79 Å². The van der Waals surface area contributed by atoms with Gasteiger partial charge in [0.1, 0.15) is 5.82 Å². The monoisotopic (exact) mass is 405 g/mol. The number of hydrogen-bond acceptors (Lipinski definition) is 5. The molecule has 0 saturated heterocycles. The first kappa shape index (κ1) is 19.4. The van der Waals surface area contributed by atoms with Gasteiger partial charge in [0, 0.05) is 10.6 Å². The van der Waals surface area contributed by atoms with Crippen LogP contribution in [0.25, 0.3) is 11.5 Å². The van der Waals surface area contributed by atoms with Gasteiger partial charge in [-0.1, -0.05) is 40.6 Å². The Kier molecular flexibility index (Phi) is 5.82. The molecule has 0 unspecified atom stereocenters. The molecule has 0 fully saturated rings. The van der Waals surface area contributed by atoms with E-state index in [-0.39, 0.29) is 21.8 Å². The van der Waals surface area contributed by atoms with E-state index in [1.165, 1.54) is 12.1 Å². The summed E-state index contributed by atoms with van der Waals surface area (Å²) in [6.45, 7) is 5.66. The number of benzene rings is 2. The van der Waals surface area contributed by atoms with Crippen molar-refractivity contribution in [3.63, 3.8) is 0 Å². The molecule has 0 bridgehead atoms. The van der Waals surface area contributed by atoms with Crippen LogP contribution in [0.1, 0.15) is 18.1 Å². The lowest BCUT2D eigenvalue weighted by Crippen LogP contribution is -2.23. The molecule has 0 saturated carbocycles. The van der Waals surface area contributed by atoms with Crippen molar-refractivity contribution in [2.75, 3.05) is 5.32 Å². The fraction of sp³-hybridized carbons (Fsp3) is 0.211. The predicted molar refractivity (Wildman–Crippen MR) is 105 cm³/mol. The summed E-state index contributed by atoms with van der Waals surface area (Å²) in [5.74, 6) is -0.587. The number of carbonyl (C=O) groups is 1. The summed E-state index contributed by atoms with van der Waals surface area (Å²) in [6, 6.07) is 10.0. The second-order valence-electron chi connectivity index (χ2n) is 6.12. The summed E-state index contributed by atoms with van der Waals surface area (Å²) in [6.07, 6.45) is 0. The zero-order valence-electron chi connectivity index (χ0n) is 14.9. The van der Waals surface area contributed by atoms with Gasteiger partial charge in [-0.15, -0.1) is 10.2 Å². The molecule has 0 aliphatic heterocycles. The highest BCUT2D eigenvalue weighted by atomic mass is 35.5. The molecule has 0 spiro atoms. The smallest absolute Gasteiger partial charge is 0.277 e. The number of halogens is 2. The quantitative estimate of drug-likeness (QED) is 0.586. The first-order valence-corrected chi connectivity index (χ1v) is 9.42. The van der Waals surface area contributed by atoms with E-state index >= 15 is 0 Å². The molecule has 1 aromatic heterocycles. The molecule has 1 atom stereocenters. The fourth-order valence-corrected chi connectivity index (χ4v) is 3.34. The van der Waals surface area contributed by atoms with Crippen LogP contribution in [0.2, 0.25) is 5.02 Å². The number of aryl methyl sites for hydroxylation is 2. The lowest BCUT2D eigenvalue weighted by molar-refractivity contribution is -0.115. The van der Waals surface area contributed by atoms with Gasteiger partial charge in [-0.2, -0.15) is 0 Å². The summed E-state index contributed by atoms with van der Waals surface area (Å²) in [7, 11) is 0. The molecule has 3 aromatic rings. The third-order valence-corrected chi connectivity index (χ3v) is 4.88. The normalized spacial score (nSPS) is 12.0. The molecule has 8 heteroatoms. The summed E-state index contributed by atoms with van der Waals surface area (Å²) in [5.41, 5.74) is 3.08. The van der Waals surface area contributed by atoms with Crippen molar-refractivity contribution >= 4 is 35.0 Å². The molecule has 1 heterocycles.